The van der Waals surface area contributed by atoms with Crippen LogP contribution in [-0.2, 0) is 21.9 Å². The van der Waals surface area contributed by atoms with Gasteiger partial charge in [0.2, 0.25) is 11.8 Å². The Bertz CT molecular complexity index is 805. The van der Waals surface area contributed by atoms with Crippen molar-refractivity contribution in [3.63, 3.8) is 0 Å². The van der Waals surface area contributed by atoms with Crippen LogP contribution >= 0.6 is 11.8 Å². The second-order valence-electron chi connectivity index (χ2n) is 7.39. The fourth-order valence-corrected chi connectivity index (χ4v) is 3.96. The fourth-order valence-electron chi connectivity index (χ4n) is 2.97. The summed E-state index contributed by atoms with van der Waals surface area (Å²) in [6.45, 7) is 9.01. The molecule has 0 saturated carbocycles. The topological polar surface area (TPSA) is 49.4 Å². The summed E-state index contributed by atoms with van der Waals surface area (Å²) in [7, 11) is 0. The van der Waals surface area contributed by atoms with Crippen LogP contribution in [0.4, 0.5) is 0 Å². The highest BCUT2D eigenvalue weighted by molar-refractivity contribution is 7.99. The van der Waals surface area contributed by atoms with Crippen molar-refractivity contribution < 1.29 is 9.59 Å². The van der Waals surface area contributed by atoms with E-state index in [4.69, 9.17) is 0 Å². The average Bonchev–Trinajstić information content (AvgIpc) is 2.72. The lowest BCUT2D eigenvalue weighted by Gasteiger charge is -2.29. The van der Waals surface area contributed by atoms with E-state index in [1.165, 1.54) is 16.7 Å². The van der Waals surface area contributed by atoms with Gasteiger partial charge in [-0.15, -0.1) is 11.8 Å². The first-order valence-electron chi connectivity index (χ1n) is 10.2. The Morgan fingerprint density at radius 3 is 2.41 bits per heavy atom. The quantitative estimate of drug-likeness (QED) is 0.626. The minimum atomic E-state index is -0.505. The van der Waals surface area contributed by atoms with Crippen LogP contribution in [0.1, 0.15) is 42.5 Å². The highest BCUT2D eigenvalue weighted by atomic mass is 32.2. The predicted molar refractivity (Wildman–Crippen MR) is 122 cm³/mol. The molecule has 2 rings (SSSR count). The van der Waals surface area contributed by atoms with Crippen LogP contribution in [0.25, 0.3) is 0 Å². The van der Waals surface area contributed by atoms with Crippen LogP contribution in [0.2, 0.25) is 0 Å². The molecule has 1 N–H and O–H groups in total. The van der Waals surface area contributed by atoms with Gasteiger partial charge < -0.3 is 10.2 Å². The molecule has 0 radical (unpaired) electrons. The molecular formula is C24H32N2O2S. The number of nitrogens with zero attached hydrogens (tertiary/aromatic N) is 1. The number of carbonyl (C=O) groups excluding carboxylic acids is 2. The Morgan fingerprint density at radius 2 is 1.76 bits per heavy atom. The number of thioether (sulfide) groups is 1. The summed E-state index contributed by atoms with van der Waals surface area (Å²) >= 11 is 1.59. The number of rotatable bonds is 10. The van der Waals surface area contributed by atoms with Gasteiger partial charge in [-0.05, 0) is 43.9 Å². The van der Waals surface area contributed by atoms with Crippen LogP contribution in [0.5, 0.6) is 0 Å². The van der Waals surface area contributed by atoms with E-state index in [2.05, 4.69) is 24.4 Å². The lowest BCUT2D eigenvalue weighted by Crippen LogP contribution is -2.48. The molecular weight excluding hydrogens is 380 g/mol. The number of nitrogens with one attached hydrogen (secondary N) is 1. The van der Waals surface area contributed by atoms with Crippen LogP contribution in [0.15, 0.2) is 48.5 Å². The maximum Gasteiger partial charge on any atom is 0.242 e. The molecule has 0 bridgehead atoms. The van der Waals surface area contributed by atoms with Gasteiger partial charge in [-0.3, -0.25) is 9.59 Å². The molecule has 2 amide bonds. The lowest BCUT2D eigenvalue weighted by molar-refractivity contribution is -0.138. The van der Waals surface area contributed by atoms with Gasteiger partial charge in [-0.1, -0.05) is 61.0 Å². The van der Waals surface area contributed by atoms with Crippen molar-refractivity contribution in [3.8, 4) is 0 Å². The van der Waals surface area contributed by atoms with Crippen molar-refractivity contribution in [1.29, 1.82) is 0 Å². The maximum atomic E-state index is 13.0. The van der Waals surface area contributed by atoms with Gasteiger partial charge in [0, 0.05) is 18.8 Å². The minimum absolute atomic E-state index is 0.0108. The zero-order valence-corrected chi connectivity index (χ0v) is 18.7. The van der Waals surface area contributed by atoms with E-state index >= 15 is 0 Å². The van der Waals surface area contributed by atoms with E-state index in [-0.39, 0.29) is 11.8 Å². The van der Waals surface area contributed by atoms with Gasteiger partial charge in [0.05, 0.1) is 5.75 Å². The molecule has 0 spiro atoms. The third-order valence-corrected chi connectivity index (χ3v) is 5.90. The van der Waals surface area contributed by atoms with Crippen LogP contribution in [-0.4, -0.2) is 35.1 Å². The largest absolute Gasteiger partial charge is 0.354 e. The van der Waals surface area contributed by atoms with Crippen molar-refractivity contribution >= 4 is 23.6 Å². The van der Waals surface area contributed by atoms with E-state index in [1.54, 1.807) is 16.7 Å². The van der Waals surface area contributed by atoms with Crippen molar-refractivity contribution in [3.05, 3.63) is 70.8 Å². The average molecular weight is 413 g/mol. The van der Waals surface area contributed by atoms with Gasteiger partial charge in [-0.2, -0.15) is 0 Å². The molecule has 0 aliphatic rings. The standard InChI is InChI=1S/C24H32N2O2S/c1-5-14-25-24(28)20(4)26(15-21-12-10-18(2)11-13-21)23(27)17-29-16-22-9-7-6-8-19(22)3/h6-13,20H,5,14-17H2,1-4H3,(H,25,28). The second-order valence-corrected chi connectivity index (χ2v) is 8.38. The number of hydrogen-bond donors (Lipinski definition) is 1. The fraction of sp³-hybridized carbons (Fsp3) is 0.417. The maximum absolute atomic E-state index is 13.0. The molecule has 0 aliphatic carbocycles. The summed E-state index contributed by atoms with van der Waals surface area (Å²) in [4.78, 5) is 27.2. The summed E-state index contributed by atoms with van der Waals surface area (Å²) in [6, 6.07) is 15.8. The first-order chi connectivity index (χ1) is 13.9. The molecule has 1 unspecified atom stereocenters. The number of aryl methyl sites for hydroxylation is 2. The Hall–Kier alpha value is -2.27. The normalized spacial score (nSPS) is 11.7. The summed E-state index contributed by atoms with van der Waals surface area (Å²) < 4.78 is 0. The van der Waals surface area contributed by atoms with E-state index < -0.39 is 6.04 Å². The third-order valence-electron chi connectivity index (χ3n) is 4.93. The van der Waals surface area contributed by atoms with Crippen LogP contribution in [0, 0.1) is 13.8 Å². The highest BCUT2D eigenvalue weighted by Gasteiger charge is 2.25. The van der Waals surface area contributed by atoms with Crippen molar-refractivity contribution in [2.75, 3.05) is 12.3 Å². The molecule has 0 heterocycles. The summed E-state index contributed by atoms with van der Waals surface area (Å²) in [5.41, 5.74) is 4.68. The van der Waals surface area contributed by atoms with Crippen molar-refractivity contribution in [1.82, 2.24) is 10.2 Å². The predicted octanol–water partition coefficient (Wildman–Crippen LogP) is 4.48. The van der Waals surface area contributed by atoms with Crippen molar-refractivity contribution in [2.24, 2.45) is 0 Å². The zero-order valence-electron chi connectivity index (χ0n) is 17.9. The molecule has 29 heavy (non-hydrogen) atoms. The Balaban J connectivity index is 2.05. The molecule has 0 fully saturated rings. The molecule has 0 aliphatic heterocycles. The third kappa shape index (κ3) is 7.24. The smallest absolute Gasteiger partial charge is 0.242 e. The van der Waals surface area contributed by atoms with Gasteiger partial charge in [-0.25, -0.2) is 0 Å². The van der Waals surface area contributed by atoms with E-state index in [1.807, 2.05) is 57.2 Å². The van der Waals surface area contributed by atoms with Crippen LogP contribution < -0.4 is 5.32 Å². The molecule has 0 aromatic heterocycles. The van der Waals surface area contributed by atoms with Gasteiger partial charge in [0.25, 0.3) is 0 Å². The van der Waals surface area contributed by atoms with Gasteiger partial charge >= 0.3 is 0 Å². The molecule has 5 heteroatoms. The second kappa shape index (κ2) is 11.7. The number of amides is 2. The Kier molecular flexibility index (Phi) is 9.26. The van der Waals surface area contributed by atoms with Crippen LogP contribution in [0.3, 0.4) is 0 Å². The summed E-state index contributed by atoms with van der Waals surface area (Å²) in [5, 5.41) is 2.91. The molecule has 4 nitrogen and oxygen atoms in total. The van der Waals surface area contributed by atoms with Gasteiger partial charge in [0.1, 0.15) is 6.04 Å². The Morgan fingerprint density at radius 1 is 1.07 bits per heavy atom. The zero-order chi connectivity index (χ0) is 21.2. The summed E-state index contributed by atoms with van der Waals surface area (Å²) in [6.07, 6.45) is 0.872. The van der Waals surface area contributed by atoms with E-state index in [9.17, 15) is 9.59 Å². The first kappa shape index (κ1) is 23.0. The van der Waals surface area contributed by atoms with E-state index in [0.717, 1.165) is 17.7 Å². The number of benzene rings is 2. The van der Waals surface area contributed by atoms with Crippen molar-refractivity contribution in [2.45, 2.75) is 52.5 Å². The number of carbonyl (C=O) groups is 2. The molecule has 0 saturated heterocycles. The Labute approximate surface area is 179 Å². The first-order valence-corrected chi connectivity index (χ1v) is 11.3. The lowest BCUT2D eigenvalue weighted by atomic mass is 10.1. The molecule has 1 atom stereocenters. The monoisotopic (exact) mass is 412 g/mol. The summed E-state index contributed by atoms with van der Waals surface area (Å²) in [5.74, 6) is 1.03. The van der Waals surface area contributed by atoms with Gasteiger partial charge in [0.15, 0.2) is 0 Å². The molecule has 2 aromatic carbocycles. The van der Waals surface area contributed by atoms with E-state index in [0.29, 0.717) is 18.8 Å². The highest BCUT2D eigenvalue weighted by Crippen LogP contribution is 2.18. The molecule has 2 aromatic rings. The minimum Gasteiger partial charge on any atom is -0.354 e. The SMILES string of the molecule is CCCNC(=O)C(C)N(Cc1ccc(C)cc1)C(=O)CSCc1ccccc1C. The number of hydrogen-bond acceptors (Lipinski definition) is 3. The molecule has 156 valence electrons.